The Labute approximate surface area is 154 Å². The van der Waals surface area contributed by atoms with Gasteiger partial charge < -0.3 is 9.67 Å². The number of aromatic nitrogens is 6. The maximum absolute atomic E-state index is 10.3. The van der Waals surface area contributed by atoms with Gasteiger partial charge in [0.2, 0.25) is 0 Å². The summed E-state index contributed by atoms with van der Waals surface area (Å²) < 4.78 is 5.40. The molecule has 1 aliphatic carbocycles. The highest BCUT2D eigenvalue weighted by Gasteiger charge is 2.29. The summed E-state index contributed by atoms with van der Waals surface area (Å²) in [5.74, 6) is 0.743. The van der Waals surface area contributed by atoms with E-state index in [1.165, 1.54) is 0 Å². The molecule has 0 aromatic carbocycles. The van der Waals surface area contributed by atoms with Crippen LogP contribution in [0.3, 0.4) is 0 Å². The van der Waals surface area contributed by atoms with Gasteiger partial charge in [0.1, 0.15) is 30.1 Å². The Bertz CT molecular complexity index is 1040. The van der Waals surface area contributed by atoms with Crippen molar-refractivity contribution in [1.82, 2.24) is 29.3 Å². The molecule has 0 bridgehead atoms. The van der Waals surface area contributed by atoms with Crippen LogP contribution in [0.5, 0.6) is 0 Å². The predicted molar refractivity (Wildman–Crippen MR) is 100 cm³/mol. The van der Waals surface area contributed by atoms with Crippen molar-refractivity contribution >= 4 is 32.6 Å². The van der Waals surface area contributed by atoms with Crippen molar-refractivity contribution in [1.29, 1.82) is 0 Å². The molecule has 8 heteroatoms. The highest BCUT2D eigenvalue weighted by Crippen LogP contribution is 2.40. The second-order valence-electron chi connectivity index (χ2n) is 6.98. The summed E-state index contributed by atoms with van der Waals surface area (Å²) in [5, 5.41) is 16.7. The van der Waals surface area contributed by atoms with Gasteiger partial charge in [0, 0.05) is 6.04 Å². The Hall–Kier alpha value is -2.32. The third kappa shape index (κ3) is 2.44. The number of aliphatic hydroxyl groups excluding tert-OH is 1. The minimum absolute atomic E-state index is 0.331. The second kappa shape index (κ2) is 6.14. The van der Waals surface area contributed by atoms with Gasteiger partial charge in [-0.15, -0.1) is 11.3 Å². The Morgan fingerprint density at radius 1 is 1.19 bits per heavy atom. The molecular weight excluding hydrogens is 348 g/mol. The summed E-state index contributed by atoms with van der Waals surface area (Å²) in [7, 11) is 0. The van der Waals surface area contributed by atoms with Crippen LogP contribution in [0.2, 0.25) is 0 Å². The van der Waals surface area contributed by atoms with Gasteiger partial charge in [-0.3, -0.25) is 4.98 Å². The lowest BCUT2D eigenvalue weighted by atomic mass is 9.91. The van der Waals surface area contributed by atoms with Crippen LogP contribution in [0.4, 0.5) is 0 Å². The minimum atomic E-state index is -0.606. The van der Waals surface area contributed by atoms with Gasteiger partial charge in [-0.1, -0.05) is 0 Å². The summed E-state index contributed by atoms with van der Waals surface area (Å²) in [6.45, 7) is 1.79. The zero-order valence-corrected chi connectivity index (χ0v) is 15.3. The molecule has 26 heavy (non-hydrogen) atoms. The van der Waals surface area contributed by atoms with Crippen LogP contribution in [0.1, 0.15) is 56.6 Å². The fourth-order valence-electron chi connectivity index (χ4n) is 4.15. The fraction of sp³-hybridized carbons (Fsp3) is 0.444. The first-order valence-corrected chi connectivity index (χ1v) is 9.86. The molecule has 4 aromatic rings. The van der Waals surface area contributed by atoms with Crippen molar-refractivity contribution in [3.8, 4) is 0 Å². The molecule has 0 aliphatic heterocycles. The molecule has 1 saturated carbocycles. The van der Waals surface area contributed by atoms with E-state index in [4.69, 9.17) is 4.98 Å². The lowest BCUT2D eigenvalue weighted by Gasteiger charge is -2.31. The average molecular weight is 368 g/mol. The van der Waals surface area contributed by atoms with E-state index in [1.54, 1.807) is 30.9 Å². The fourth-order valence-corrected chi connectivity index (χ4v) is 5.04. The Kier molecular flexibility index (Phi) is 3.75. The maximum atomic E-state index is 10.3. The lowest BCUT2D eigenvalue weighted by Crippen LogP contribution is -2.22. The molecular formula is C18H20N6OS. The van der Waals surface area contributed by atoms with Gasteiger partial charge in [0.15, 0.2) is 0 Å². The van der Waals surface area contributed by atoms with E-state index in [0.29, 0.717) is 12.1 Å². The summed E-state index contributed by atoms with van der Waals surface area (Å²) >= 11 is 1.69. The largest absolute Gasteiger partial charge is 0.385 e. The number of hydrogen-bond donors (Lipinski definition) is 1. The molecule has 0 amide bonds. The van der Waals surface area contributed by atoms with Crippen LogP contribution in [-0.4, -0.2) is 34.4 Å². The number of fused-ring (bicyclic) bond motifs is 3. The van der Waals surface area contributed by atoms with Crippen LogP contribution < -0.4 is 0 Å². The van der Waals surface area contributed by atoms with Crippen LogP contribution in [0.15, 0.2) is 30.3 Å². The quantitative estimate of drug-likeness (QED) is 0.597. The normalized spacial score (nSPS) is 22.2. The molecule has 1 N–H and O–H groups in total. The summed E-state index contributed by atoms with van der Waals surface area (Å²) in [6, 6.07) is 2.78. The van der Waals surface area contributed by atoms with E-state index in [2.05, 4.69) is 25.0 Å². The summed E-state index contributed by atoms with van der Waals surface area (Å²) in [6.07, 6.45) is 8.78. The van der Waals surface area contributed by atoms with E-state index in [1.807, 2.05) is 16.9 Å². The molecule has 134 valence electrons. The van der Waals surface area contributed by atoms with Gasteiger partial charge in [0.25, 0.3) is 0 Å². The SMILES string of the molecule is C[C@@H](O)c1nc2cnc3ccsc3c2n1[C@H]1CC[C@@H](n2cncn2)CC1. The van der Waals surface area contributed by atoms with Crippen molar-refractivity contribution in [3.63, 3.8) is 0 Å². The molecule has 5 rings (SSSR count). The second-order valence-corrected chi connectivity index (χ2v) is 7.90. The highest BCUT2D eigenvalue weighted by molar-refractivity contribution is 7.18. The van der Waals surface area contributed by atoms with Crippen LogP contribution in [-0.2, 0) is 0 Å². The molecule has 0 radical (unpaired) electrons. The monoisotopic (exact) mass is 368 g/mol. The van der Waals surface area contributed by atoms with E-state index in [-0.39, 0.29) is 0 Å². The van der Waals surface area contributed by atoms with E-state index >= 15 is 0 Å². The molecule has 0 saturated heterocycles. The minimum Gasteiger partial charge on any atom is -0.385 e. The molecule has 1 atom stereocenters. The lowest BCUT2D eigenvalue weighted by molar-refractivity contribution is 0.174. The van der Waals surface area contributed by atoms with Gasteiger partial charge in [-0.2, -0.15) is 5.10 Å². The molecule has 1 aliphatic rings. The summed E-state index contributed by atoms with van der Waals surface area (Å²) in [4.78, 5) is 13.3. The Balaban J connectivity index is 1.57. The van der Waals surface area contributed by atoms with Crippen molar-refractivity contribution in [3.05, 3.63) is 36.1 Å². The molecule has 4 aromatic heterocycles. The molecule has 0 unspecified atom stereocenters. The maximum Gasteiger partial charge on any atom is 0.138 e. The van der Waals surface area contributed by atoms with Crippen LogP contribution >= 0.6 is 11.3 Å². The van der Waals surface area contributed by atoms with E-state index < -0.39 is 6.10 Å². The Morgan fingerprint density at radius 3 is 2.73 bits per heavy atom. The van der Waals surface area contributed by atoms with Crippen molar-refractivity contribution in [2.24, 2.45) is 0 Å². The number of nitrogens with zero attached hydrogens (tertiary/aromatic N) is 6. The third-order valence-electron chi connectivity index (χ3n) is 5.37. The van der Waals surface area contributed by atoms with Gasteiger partial charge in [-0.25, -0.2) is 14.6 Å². The van der Waals surface area contributed by atoms with Gasteiger partial charge in [0.05, 0.1) is 28.0 Å². The van der Waals surface area contributed by atoms with Gasteiger partial charge in [-0.05, 0) is 44.1 Å². The predicted octanol–water partition coefficient (Wildman–Crippen LogP) is 3.65. The van der Waals surface area contributed by atoms with Crippen molar-refractivity contribution < 1.29 is 5.11 Å². The topological polar surface area (TPSA) is 81.7 Å². The molecule has 4 heterocycles. The summed E-state index contributed by atoms with van der Waals surface area (Å²) in [5.41, 5.74) is 2.98. The third-order valence-corrected chi connectivity index (χ3v) is 6.28. The number of hydrogen-bond acceptors (Lipinski definition) is 6. The van der Waals surface area contributed by atoms with Crippen LogP contribution in [0.25, 0.3) is 21.3 Å². The number of thiophene rings is 1. The number of rotatable bonds is 3. The molecule has 1 fully saturated rings. The molecule has 7 nitrogen and oxygen atoms in total. The van der Waals surface area contributed by atoms with Gasteiger partial charge >= 0.3 is 0 Å². The van der Waals surface area contributed by atoms with E-state index in [0.717, 1.165) is 52.8 Å². The first-order valence-electron chi connectivity index (χ1n) is 8.98. The smallest absolute Gasteiger partial charge is 0.138 e. The van der Waals surface area contributed by atoms with Crippen LogP contribution in [0, 0.1) is 0 Å². The number of pyridine rings is 1. The van der Waals surface area contributed by atoms with E-state index in [9.17, 15) is 5.11 Å². The van der Waals surface area contributed by atoms with Crippen molar-refractivity contribution in [2.75, 3.05) is 0 Å². The number of imidazole rings is 1. The first kappa shape index (κ1) is 15.9. The first-order chi connectivity index (χ1) is 12.7. The van der Waals surface area contributed by atoms with Crippen molar-refractivity contribution in [2.45, 2.75) is 50.8 Å². The standard InChI is InChI=1S/C18H20N6OS/c1-11(25)18-22-15-8-20-14-6-7-26-17(14)16(15)24(18)13-4-2-12(3-5-13)23-10-19-9-21-23/h6-13,25H,2-5H2,1H3/t11-,12-,13+/m1/s1. The Morgan fingerprint density at radius 2 is 2.00 bits per heavy atom. The highest BCUT2D eigenvalue weighted by atomic mass is 32.1. The zero-order valence-electron chi connectivity index (χ0n) is 14.5. The molecule has 0 spiro atoms. The zero-order chi connectivity index (χ0) is 17.7. The average Bonchev–Trinajstić information content (AvgIpc) is 3.39. The number of aliphatic hydroxyl groups is 1.